The first kappa shape index (κ1) is 35.4. The quantitative estimate of drug-likeness (QED) is 0.0984. The lowest BCUT2D eigenvalue weighted by Gasteiger charge is -2.27. The number of aliphatic hydroxyl groups excluding tert-OH is 1. The highest BCUT2D eigenvalue weighted by molar-refractivity contribution is 6.05. The minimum Gasteiger partial charge on any atom is -0.480 e. The van der Waals surface area contributed by atoms with Crippen molar-refractivity contribution in [3.63, 3.8) is 0 Å². The van der Waals surface area contributed by atoms with Crippen molar-refractivity contribution in [1.82, 2.24) is 20.6 Å². The summed E-state index contributed by atoms with van der Waals surface area (Å²) in [6.45, 7) is 5.77. The third-order valence-corrected chi connectivity index (χ3v) is 10.2. The molecule has 0 bridgehead atoms. The summed E-state index contributed by atoms with van der Waals surface area (Å²) < 4.78 is 5.28. The Labute approximate surface area is 302 Å². The van der Waals surface area contributed by atoms with Crippen molar-refractivity contribution in [3.8, 4) is 11.1 Å². The highest BCUT2D eigenvalue weighted by Gasteiger charge is 2.30. The number of aromatic nitrogens is 2. The van der Waals surface area contributed by atoms with E-state index in [0.717, 1.165) is 77.8 Å². The molecule has 0 radical (unpaired) electrons. The van der Waals surface area contributed by atoms with Gasteiger partial charge in [-0.25, -0.2) is 0 Å². The molecule has 12 heteroatoms. The van der Waals surface area contributed by atoms with Gasteiger partial charge in [0, 0.05) is 36.9 Å². The summed E-state index contributed by atoms with van der Waals surface area (Å²) in [5.41, 5.74) is 9.65. The van der Waals surface area contributed by atoms with Crippen LogP contribution in [0.5, 0.6) is 0 Å². The van der Waals surface area contributed by atoms with E-state index in [1.165, 1.54) is 5.56 Å². The molecule has 3 fully saturated rings. The number of nitrogens with one attached hydrogen (secondary N) is 4. The van der Waals surface area contributed by atoms with E-state index in [9.17, 15) is 24.6 Å². The van der Waals surface area contributed by atoms with Crippen LogP contribution in [0.2, 0.25) is 0 Å². The smallest absolute Gasteiger partial charge is 0.323 e. The van der Waals surface area contributed by atoms with Gasteiger partial charge in [-0.3, -0.25) is 29.7 Å². The van der Waals surface area contributed by atoms with Crippen molar-refractivity contribution in [2.75, 3.05) is 30.5 Å². The number of carbonyl (C=O) groups excluding carboxylic acids is 2. The molecule has 0 spiro atoms. The molecular formula is C40H44N6O6. The molecule has 2 aromatic carbocycles. The predicted molar refractivity (Wildman–Crippen MR) is 196 cm³/mol. The Morgan fingerprint density at radius 1 is 0.788 bits per heavy atom. The zero-order valence-electron chi connectivity index (χ0n) is 29.4. The minimum atomic E-state index is -1.13. The second kappa shape index (κ2) is 15.3. The highest BCUT2D eigenvalue weighted by Crippen LogP contribution is 2.43. The first-order valence-electron chi connectivity index (χ1n) is 17.9. The normalized spacial score (nSPS) is 16.2. The Morgan fingerprint density at radius 3 is 1.71 bits per heavy atom. The van der Waals surface area contributed by atoms with Crippen molar-refractivity contribution in [3.05, 3.63) is 106 Å². The van der Waals surface area contributed by atoms with E-state index >= 15 is 0 Å². The van der Waals surface area contributed by atoms with Gasteiger partial charge >= 0.3 is 5.97 Å². The molecule has 52 heavy (non-hydrogen) atoms. The van der Waals surface area contributed by atoms with Gasteiger partial charge in [0.2, 0.25) is 0 Å². The van der Waals surface area contributed by atoms with Gasteiger partial charge in [-0.2, -0.15) is 0 Å². The first-order chi connectivity index (χ1) is 25.2. The molecule has 2 amide bonds. The third-order valence-electron chi connectivity index (χ3n) is 10.2. The molecule has 2 saturated carbocycles. The summed E-state index contributed by atoms with van der Waals surface area (Å²) in [7, 11) is 0. The van der Waals surface area contributed by atoms with Gasteiger partial charge in [-0.05, 0) is 120 Å². The number of carboxylic acid groups (broad SMARTS) is 1. The minimum absolute atomic E-state index is 0.219. The Bertz CT molecular complexity index is 2000. The number of amides is 2. The number of benzene rings is 2. The second-order valence-corrected chi connectivity index (χ2v) is 14.0. The number of rotatable bonds is 15. The van der Waals surface area contributed by atoms with Crippen LogP contribution in [-0.2, 0) is 22.6 Å². The molecule has 2 aliphatic carbocycles. The molecule has 0 unspecified atom stereocenters. The Hall–Kier alpha value is -5.01. The molecule has 2 aromatic heterocycles. The van der Waals surface area contributed by atoms with Crippen molar-refractivity contribution >= 4 is 29.2 Å². The Morgan fingerprint density at radius 2 is 1.29 bits per heavy atom. The number of hydrogen-bond acceptors (Lipinski definition) is 9. The first-order valence-corrected chi connectivity index (χ1v) is 17.9. The molecule has 3 heterocycles. The van der Waals surface area contributed by atoms with Gasteiger partial charge in [0.25, 0.3) is 11.8 Å². The average Bonchev–Trinajstić information content (AvgIpc) is 4.05. The van der Waals surface area contributed by atoms with Crippen LogP contribution >= 0.6 is 0 Å². The molecule has 4 aromatic rings. The predicted octanol–water partition coefficient (Wildman–Crippen LogP) is 5.04. The number of anilines is 2. The maximum absolute atomic E-state index is 13.5. The van der Waals surface area contributed by atoms with Crippen LogP contribution in [0.4, 0.5) is 11.4 Å². The lowest BCUT2D eigenvalue weighted by atomic mass is 9.94. The van der Waals surface area contributed by atoms with E-state index in [2.05, 4.69) is 31.2 Å². The van der Waals surface area contributed by atoms with Crippen molar-refractivity contribution in [1.29, 1.82) is 0 Å². The lowest BCUT2D eigenvalue weighted by Crippen LogP contribution is -2.45. The van der Waals surface area contributed by atoms with Crippen LogP contribution < -0.4 is 21.3 Å². The number of carboxylic acids is 1. The topological polar surface area (TPSA) is 175 Å². The third kappa shape index (κ3) is 7.90. The number of carbonyl (C=O) groups is 3. The summed E-state index contributed by atoms with van der Waals surface area (Å²) in [5.74, 6) is -0.992. The van der Waals surface area contributed by atoms with Crippen molar-refractivity contribution in [2.45, 2.75) is 76.5 Å². The molecule has 1 atom stereocenters. The number of pyridine rings is 2. The molecule has 12 nitrogen and oxygen atoms in total. The van der Waals surface area contributed by atoms with E-state index < -0.39 is 18.6 Å². The van der Waals surface area contributed by atoms with Gasteiger partial charge in [0.1, 0.15) is 17.4 Å². The van der Waals surface area contributed by atoms with E-state index in [1.54, 1.807) is 12.3 Å². The largest absolute Gasteiger partial charge is 0.480 e. The van der Waals surface area contributed by atoms with Crippen molar-refractivity contribution < 1.29 is 29.3 Å². The van der Waals surface area contributed by atoms with Crippen LogP contribution in [0.25, 0.3) is 11.1 Å². The fourth-order valence-corrected chi connectivity index (χ4v) is 6.66. The number of aliphatic hydroxyl groups is 1. The molecular weight excluding hydrogens is 660 g/mol. The molecule has 3 aliphatic rings. The maximum atomic E-state index is 13.5. The van der Waals surface area contributed by atoms with Crippen LogP contribution in [0.15, 0.2) is 60.9 Å². The van der Waals surface area contributed by atoms with E-state index in [1.807, 2.05) is 62.5 Å². The summed E-state index contributed by atoms with van der Waals surface area (Å²) in [6.07, 6.45) is 7.65. The molecule has 6 N–H and O–H groups in total. The summed E-state index contributed by atoms with van der Waals surface area (Å²) in [4.78, 5) is 47.3. The summed E-state index contributed by atoms with van der Waals surface area (Å²) in [6, 6.07) is 14.5. The van der Waals surface area contributed by atoms with Gasteiger partial charge in [-0.1, -0.05) is 24.3 Å². The van der Waals surface area contributed by atoms with E-state index in [4.69, 9.17) is 4.74 Å². The fourth-order valence-electron chi connectivity index (χ4n) is 6.66. The van der Waals surface area contributed by atoms with Crippen molar-refractivity contribution in [2.24, 2.45) is 0 Å². The second-order valence-electron chi connectivity index (χ2n) is 14.0. The average molecular weight is 705 g/mol. The Kier molecular flexibility index (Phi) is 10.4. The van der Waals surface area contributed by atoms with Gasteiger partial charge in [-0.15, -0.1) is 0 Å². The number of hydrogen-bond donors (Lipinski definition) is 6. The van der Waals surface area contributed by atoms with E-state index in [-0.39, 0.29) is 30.0 Å². The number of ether oxygens (including phenoxy) is 1. The summed E-state index contributed by atoms with van der Waals surface area (Å²) >= 11 is 0. The SMILES string of the molecule is Cc1c(NC(=O)c2cc(C3CC3)c(CNC3COC3)cn2)cccc1-c1cccc(NC(=O)c2cc(C3CC3)c(CN[C@H](CO)C(=O)O)cn2)c1C. The van der Waals surface area contributed by atoms with Gasteiger partial charge in [0.05, 0.1) is 25.9 Å². The zero-order chi connectivity index (χ0) is 36.4. The molecule has 1 saturated heterocycles. The standard InChI is InChI=1S/C40H44N6O6/c1-22-29(5-3-7-33(22)45-38(48)35-13-31(24-9-10-24)26(16-42-35)15-41-28-20-52-21-28)30-6-4-8-34(23(30)2)46-39(49)36-14-32(25-11-12-25)27(17-43-36)18-44-37(19-47)40(50)51/h3-8,13-14,16-17,24-25,28,37,41,44,47H,9-12,15,18-21H2,1-2H3,(H,45,48)(H,46,49)(H,50,51)/t37-/m1/s1. The van der Waals surface area contributed by atoms with Gasteiger partial charge in [0.15, 0.2) is 0 Å². The lowest BCUT2D eigenvalue weighted by molar-refractivity contribution is -0.140. The van der Waals surface area contributed by atoms with Crippen LogP contribution in [-0.4, -0.2) is 69.9 Å². The van der Waals surface area contributed by atoms with Crippen LogP contribution in [0, 0.1) is 13.8 Å². The van der Waals surface area contributed by atoms with Crippen LogP contribution in [0.1, 0.15) is 91.9 Å². The number of nitrogens with zero attached hydrogens (tertiary/aromatic N) is 2. The zero-order valence-corrected chi connectivity index (χ0v) is 29.4. The summed E-state index contributed by atoms with van der Waals surface area (Å²) in [5, 5.41) is 31.1. The molecule has 270 valence electrons. The maximum Gasteiger partial charge on any atom is 0.323 e. The monoisotopic (exact) mass is 704 g/mol. The number of aliphatic carboxylic acids is 1. The molecule has 1 aliphatic heterocycles. The highest BCUT2D eigenvalue weighted by atomic mass is 16.5. The van der Waals surface area contributed by atoms with E-state index in [0.29, 0.717) is 35.6 Å². The van der Waals surface area contributed by atoms with Crippen LogP contribution in [0.3, 0.4) is 0 Å². The fraction of sp³-hybridized carbons (Fsp3) is 0.375. The molecule has 7 rings (SSSR count). The van der Waals surface area contributed by atoms with Gasteiger partial charge < -0.3 is 30.9 Å². The Balaban J connectivity index is 1.06.